The Morgan fingerprint density at radius 2 is 1.92 bits per heavy atom. The predicted molar refractivity (Wildman–Crippen MR) is 88.7 cm³/mol. The van der Waals surface area contributed by atoms with Crippen LogP contribution >= 0.6 is 0 Å². The quantitative estimate of drug-likeness (QED) is 0.364. The minimum absolute atomic E-state index is 0.00261. The fraction of sp³-hybridized carbons (Fsp3) is 0.0588. The van der Waals surface area contributed by atoms with Gasteiger partial charge in [-0.3, -0.25) is 14.9 Å². The van der Waals surface area contributed by atoms with Gasteiger partial charge in [0.05, 0.1) is 4.92 Å². The molecule has 0 bridgehead atoms. The van der Waals surface area contributed by atoms with Crippen LogP contribution in [0.1, 0.15) is 5.56 Å². The van der Waals surface area contributed by atoms with Crippen LogP contribution in [0.3, 0.4) is 0 Å². The zero-order chi connectivity index (χ0) is 18.2. The molecule has 2 rings (SSSR count). The Balaban J connectivity index is 2.04. The zero-order valence-electron chi connectivity index (χ0n) is 12.9. The Labute approximate surface area is 142 Å². The first kappa shape index (κ1) is 17.6. The number of nitriles is 1. The predicted octanol–water partition coefficient (Wildman–Crippen LogP) is 2.87. The summed E-state index contributed by atoms with van der Waals surface area (Å²) in [5.74, 6) is -1.13. The van der Waals surface area contributed by atoms with E-state index in [1.165, 1.54) is 42.6 Å². The maximum atomic E-state index is 12.8. The molecule has 1 amide bonds. The molecule has 126 valence electrons. The van der Waals surface area contributed by atoms with E-state index in [2.05, 4.69) is 10.6 Å². The second kappa shape index (κ2) is 8.21. The van der Waals surface area contributed by atoms with Crippen LogP contribution in [0.5, 0.6) is 0 Å². The first-order chi connectivity index (χ1) is 12.0. The van der Waals surface area contributed by atoms with Crippen molar-refractivity contribution >= 4 is 17.3 Å². The highest BCUT2D eigenvalue weighted by atomic mass is 19.1. The molecular formula is C17H13FN4O3. The van der Waals surface area contributed by atoms with Crippen molar-refractivity contribution in [1.29, 1.82) is 5.26 Å². The minimum atomic E-state index is -0.775. The van der Waals surface area contributed by atoms with Crippen molar-refractivity contribution in [3.05, 3.63) is 81.8 Å². The number of nitro benzene ring substituents is 1. The summed E-state index contributed by atoms with van der Waals surface area (Å²) in [6.07, 6.45) is 1.20. The maximum Gasteiger partial charge on any atom is 0.292 e. The highest BCUT2D eigenvalue weighted by Gasteiger charge is 2.17. The molecule has 7 nitrogen and oxygen atoms in total. The van der Waals surface area contributed by atoms with E-state index in [1.54, 1.807) is 18.2 Å². The average molecular weight is 340 g/mol. The molecule has 0 radical (unpaired) electrons. The molecule has 0 aromatic heterocycles. The molecule has 0 atom stereocenters. The second-order valence-corrected chi connectivity index (χ2v) is 4.91. The third-order valence-electron chi connectivity index (χ3n) is 3.18. The molecule has 0 fully saturated rings. The molecule has 2 N–H and O–H groups in total. The summed E-state index contributed by atoms with van der Waals surface area (Å²) in [6, 6.07) is 13.1. The summed E-state index contributed by atoms with van der Waals surface area (Å²) < 4.78 is 12.8. The molecule has 8 heteroatoms. The molecule has 0 saturated heterocycles. The van der Waals surface area contributed by atoms with Gasteiger partial charge in [0, 0.05) is 18.8 Å². The number of nitrogens with one attached hydrogen (secondary N) is 2. The molecule has 0 aliphatic carbocycles. The minimum Gasteiger partial charge on any atom is -0.386 e. The summed E-state index contributed by atoms with van der Waals surface area (Å²) in [6.45, 7) is 0.282. The van der Waals surface area contributed by atoms with Gasteiger partial charge in [0.25, 0.3) is 11.6 Å². The van der Waals surface area contributed by atoms with Crippen molar-refractivity contribution in [2.75, 3.05) is 5.32 Å². The van der Waals surface area contributed by atoms with Crippen LogP contribution < -0.4 is 10.6 Å². The van der Waals surface area contributed by atoms with Gasteiger partial charge in [0.2, 0.25) is 0 Å². The van der Waals surface area contributed by atoms with Crippen molar-refractivity contribution in [3.63, 3.8) is 0 Å². The third kappa shape index (κ3) is 4.87. The Hall–Kier alpha value is -3.73. The lowest BCUT2D eigenvalue weighted by Gasteiger charge is -2.06. The van der Waals surface area contributed by atoms with Crippen LogP contribution in [0.25, 0.3) is 0 Å². The molecular weight excluding hydrogens is 327 g/mol. The molecule has 0 aliphatic heterocycles. The third-order valence-corrected chi connectivity index (χ3v) is 3.18. The Kier molecular flexibility index (Phi) is 5.79. The Morgan fingerprint density at radius 1 is 1.24 bits per heavy atom. The van der Waals surface area contributed by atoms with Crippen LogP contribution in [0.15, 0.2) is 60.3 Å². The SMILES string of the molecule is N#C/C(=C/NCc1ccc(F)cc1)C(=O)Nc1ccccc1[N+](=O)[O-]. The van der Waals surface area contributed by atoms with Crippen molar-refractivity contribution in [2.24, 2.45) is 0 Å². The van der Waals surface area contributed by atoms with E-state index in [9.17, 15) is 19.3 Å². The number of para-hydroxylation sites is 2. The topological polar surface area (TPSA) is 108 Å². The summed E-state index contributed by atoms with van der Waals surface area (Å²) in [4.78, 5) is 22.4. The number of hydrogen-bond donors (Lipinski definition) is 2. The number of benzene rings is 2. The number of carbonyl (C=O) groups is 1. The molecule has 2 aromatic rings. The van der Waals surface area contributed by atoms with Gasteiger partial charge in [-0.1, -0.05) is 24.3 Å². The number of rotatable bonds is 6. The van der Waals surface area contributed by atoms with Crippen LogP contribution in [0.4, 0.5) is 15.8 Å². The number of carbonyl (C=O) groups excluding carboxylic acids is 1. The number of nitro groups is 1. The summed E-state index contributed by atoms with van der Waals surface area (Å²) >= 11 is 0. The fourth-order valence-corrected chi connectivity index (χ4v) is 1.95. The van der Waals surface area contributed by atoms with E-state index < -0.39 is 10.8 Å². The fourth-order valence-electron chi connectivity index (χ4n) is 1.95. The summed E-state index contributed by atoms with van der Waals surface area (Å²) in [5.41, 5.74) is 0.235. The van der Waals surface area contributed by atoms with Crippen molar-refractivity contribution < 1.29 is 14.1 Å². The van der Waals surface area contributed by atoms with E-state index in [0.717, 1.165) is 5.56 Å². The van der Waals surface area contributed by atoms with Gasteiger partial charge >= 0.3 is 0 Å². The molecule has 2 aromatic carbocycles. The summed E-state index contributed by atoms with van der Waals surface area (Å²) in [7, 11) is 0. The molecule has 0 heterocycles. The first-order valence-electron chi connectivity index (χ1n) is 7.14. The van der Waals surface area contributed by atoms with Crippen molar-refractivity contribution in [3.8, 4) is 6.07 Å². The first-order valence-corrected chi connectivity index (χ1v) is 7.14. The van der Waals surface area contributed by atoms with E-state index in [4.69, 9.17) is 5.26 Å². The average Bonchev–Trinajstić information content (AvgIpc) is 2.60. The number of nitrogens with zero attached hydrogens (tertiary/aromatic N) is 2. The van der Waals surface area contributed by atoms with Crippen LogP contribution in [0, 0.1) is 27.3 Å². The van der Waals surface area contributed by atoms with Gasteiger partial charge in [-0.05, 0) is 23.8 Å². The van der Waals surface area contributed by atoms with Crippen LogP contribution in [0.2, 0.25) is 0 Å². The van der Waals surface area contributed by atoms with E-state index in [1.807, 2.05) is 0 Å². The molecule has 0 spiro atoms. The van der Waals surface area contributed by atoms with Crippen LogP contribution in [-0.4, -0.2) is 10.8 Å². The van der Waals surface area contributed by atoms with Gasteiger partial charge < -0.3 is 10.6 Å². The van der Waals surface area contributed by atoms with Gasteiger partial charge in [0.15, 0.2) is 0 Å². The monoisotopic (exact) mass is 340 g/mol. The highest BCUT2D eigenvalue weighted by molar-refractivity contribution is 6.07. The van der Waals surface area contributed by atoms with Crippen molar-refractivity contribution in [2.45, 2.75) is 6.54 Å². The molecule has 0 aliphatic rings. The molecule has 0 unspecified atom stereocenters. The number of halogens is 1. The smallest absolute Gasteiger partial charge is 0.292 e. The maximum absolute atomic E-state index is 12.8. The van der Waals surface area contributed by atoms with Gasteiger partial charge in [-0.2, -0.15) is 5.26 Å². The molecule has 0 saturated carbocycles. The van der Waals surface area contributed by atoms with E-state index in [-0.39, 0.29) is 29.3 Å². The van der Waals surface area contributed by atoms with Crippen LogP contribution in [-0.2, 0) is 11.3 Å². The summed E-state index contributed by atoms with van der Waals surface area (Å²) in [5, 5.41) is 25.1. The lowest BCUT2D eigenvalue weighted by Crippen LogP contribution is -2.17. The highest BCUT2D eigenvalue weighted by Crippen LogP contribution is 2.23. The van der Waals surface area contributed by atoms with E-state index in [0.29, 0.717) is 0 Å². The zero-order valence-corrected chi connectivity index (χ0v) is 12.9. The Morgan fingerprint density at radius 3 is 2.56 bits per heavy atom. The number of anilines is 1. The van der Waals surface area contributed by atoms with Gasteiger partial charge in [-0.15, -0.1) is 0 Å². The standard InChI is InChI=1S/C17H13FN4O3/c18-14-7-5-12(6-8-14)10-20-11-13(9-19)17(23)21-15-3-1-2-4-16(15)22(24)25/h1-8,11,20H,10H2,(H,21,23)/b13-11-. The van der Waals surface area contributed by atoms with Crippen molar-refractivity contribution in [1.82, 2.24) is 5.32 Å². The van der Waals surface area contributed by atoms with Gasteiger partial charge in [-0.25, -0.2) is 4.39 Å². The van der Waals surface area contributed by atoms with Gasteiger partial charge in [0.1, 0.15) is 23.1 Å². The lowest BCUT2D eigenvalue weighted by atomic mass is 10.2. The van der Waals surface area contributed by atoms with E-state index >= 15 is 0 Å². The largest absolute Gasteiger partial charge is 0.386 e. The Bertz CT molecular complexity index is 857. The molecule has 25 heavy (non-hydrogen) atoms. The number of amides is 1. The normalized spacial score (nSPS) is 10.6. The number of hydrogen-bond acceptors (Lipinski definition) is 5. The second-order valence-electron chi connectivity index (χ2n) is 4.91. The lowest BCUT2D eigenvalue weighted by molar-refractivity contribution is -0.383.